The Balaban J connectivity index is 1.11. The second-order valence-corrected chi connectivity index (χ2v) is 15.6. The largest absolute Gasteiger partial charge is 0.586 e. The van der Waals surface area contributed by atoms with E-state index in [1.165, 1.54) is 29.0 Å². The molecule has 2 saturated heterocycles. The lowest BCUT2D eigenvalue weighted by Gasteiger charge is -2.66. The Hall–Kier alpha value is -4.27. The third-order valence-electron chi connectivity index (χ3n) is 9.49. The number of methoxy groups -OCH3 is 1. The number of nitrogens with zero attached hydrogens (tertiary/aromatic N) is 4. The number of nitrogens with one attached hydrogen (secondary N) is 2. The van der Waals surface area contributed by atoms with Gasteiger partial charge in [-0.3, -0.25) is 9.59 Å². The first kappa shape index (κ1) is 29.2. The molecule has 6 aliphatic rings. The zero-order valence-electron chi connectivity index (χ0n) is 24.4. The predicted molar refractivity (Wildman–Crippen MR) is 160 cm³/mol. The summed E-state index contributed by atoms with van der Waals surface area (Å²) in [5, 5.41) is 15.6. The summed E-state index contributed by atoms with van der Waals surface area (Å²) in [4.78, 5) is 34.3. The van der Waals surface area contributed by atoms with Gasteiger partial charge < -0.3 is 29.7 Å². The third kappa shape index (κ3) is 4.37. The van der Waals surface area contributed by atoms with E-state index in [4.69, 9.17) is 9.72 Å². The van der Waals surface area contributed by atoms with Crippen molar-refractivity contribution in [1.82, 2.24) is 14.6 Å². The summed E-state index contributed by atoms with van der Waals surface area (Å²) in [7, 11) is -1.92. The van der Waals surface area contributed by atoms with Gasteiger partial charge in [0, 0.05) is 36.8 Å². The van der Waals surface area contributed by atoms with Crippen LogP contribution in [-0.4, -0.2) is 79.9 Å². The molecule has 4 bridgehead atoms. The van der Waals surface area contributed by atoms with Crippen LogP contribution in [0.25, 0.3) is 10.2 Å². The quantitative estimate of drug-likeness (QED) is 0.381. The zero-order valence-corrected chi connectivity index (χ0v) is 26.1. The average molecular weight is 673 g/mol. The molecule has 2 atom stereocenters. The van der Waals surface area contributed by atoms with Gasteiger partial charge in [-0.25, -0.2) is 13.4 Å². The summed E-state index contributed by atoms with van der Waals surface area (Å²) >= 11 is 1.25. The first-order valence-corrected chi connectivity index (χ1v) is 17.1. The second-order valence-electron chi connectivity index (χ2n) is 12.6. The fraction of sp³-hybridized carbons (Fsp3) is 0.448. The molecule has 2 amide bonds. The molecule has 2 unspecified atom stereocenters. The first-order chi connectivity index (χ1) is 21.7. The minimum absolute atomic E-state index is 0.0508. The number of sulfonamides is 1. The Labute approximate surface area is 265 Å². The molecule has 0 spiro atoms. The number of nitriles is 1. The first-order valence-electron chi connectivity index (χ1n) is 14.4. The highest BCUT2D eigenvalue weighted by Crippen LogP contribution is 2.66. The van der Waals surface area contributed by atoms with E-state index in [1.807, 2.05) is 0 Å². The van der Waals surface area contributed by atoms with Crippen LogP contribution in [0, 0.1) is 16.7 Å². The number of ether oxygens (including phenoxy) is 3. The van der Waals surface area contributed by atoms with Crippen LogP contribution in [0.1, 0.15) is 46.4 Å². The number of hydrogen-bond donors (Lipinski definition) is 2. The van der Waals surface area contributed by atoms with E-state index in [0.29, 0.717) is 47.7 Å². The van der Waals surface area contributed by atoms with Gasteiger partial charge >= 0.3 is 6.29 Å². The molecule has 3 aliphatic carbocycles. The number of amides is 2. The molecule has 46 heavy (non-hydrogen) atoms. The van der Waals surface area contributed by atoms with Crippen LogP contribution in [0.4, 0.5) is 19.6 Å². The molecule has 3 aliphatic heterocycles. The number of fused-ring (bicyclic) bond motifs is 4. The lowest BCUT2D eigenvalue weighted by Crippen LogP contribution is -2.74. The molecule has 2 N–H and O–H groups in total. The maximum Gasteiger partial charge on any atom is 0.586 e. The van der Waals surface area contributed by atoms with Crippen molar-refractivity contribution in [3.63, 3.8) is 0 Å². The van der Waals surface area contributed by atoms with Crippen LogP contribution in [0.5, 0.6) is 17.2 Å². The van der Waals surface area contributed by atoms with Crippen molar-refractivity contribution in [2.75, 3.05) is 36.7 Å². The van der Waals surface area contributed by atoms with Crippen LogP contribution < -0.4 is 29.7 Å². The standard InChI is InChI=1S/C29H26F2N6O7S2/c1-42-19-4-3-17-23(45-26(34-17)37-14-5-15(37)9-36(8-14)46(2,40)41)22(19)25(39)33-18-7-21-20(43-29(30,31)44-21)6-16(18)24(38)35-28-10-27(11-28,12-28)13-32/h3-4,6-7,14-15H,5,8-12H2,1-2H3,(H,33,39)(H,35,38). The summed E-state index contributed by atoms with van der Waals surface area (Å²) in [6.07, 6.45) is -0.463. The van der Waals surface area contributed by atoms with Crippen molar-refractivity contribution in [2.24, 2.45) is 5.41 Å². The van der Waals surface area contributed by atoms with Crippen molar-refractivity contribution in [3.8, 4) is 23.3 Å². The average Bonchev–Trinajstić information content (AvgIpc) is 3.50. The Morgan fingerprint density at radius 3 is 2.43 bits per heavy atom. The minimum Gasteiger partial charge on any atom is -0.496 e. The summed E-state index contributed by atoms with van der Waals surface area (Å²) in [5.74, 6) is -1.80. The predicted octanol–water partition coefficient (Wildman–Crippen LogP) is 3.28. The van der Waals surface area contributed by atoms with E-state index < -0.39 is 39.1 Å². The smallest absolute Gasteiger partial charge is 0.496 e. The van der Waals surface area contributed by atoms with Crippen molar-refractivity contribution < 1.29 is 41.0 Å². The van der Waals surface area contributed by atoms with E-state index in [-0.39, 0.29) is 46.1 Å². The molecule has 13 nitrogen and oxygen atoms in total. The van der Waals surface area contributed by atoms with Gasteiger partial charge in [0.25, 0.3) is 11.8 Å². The zero-order chi connectivity index (χ0) is 32.4. The summed E-state index contributed by atoms with van der Waals surface area (Å²) < 4.78 is 68.8. The number of carbonyl (C=O) groups excluding carboxylic acids is 2. The Morgan fingerprint density at radius 2 is 1.80 bits per heavy atom. The van der Waals surface area contributed by atoms with Gasteiger partial charge in [-0.1, -0.05) is 11.3 Å². The molecule has 1 aromatic heterocycles. The van der Waals surface area contributed by atoms with E-state index >= 15 is 0 Å². The van der Waals surface area contributed by atoms with Crippen LogP contribution in [0.2, 0.25) is 0 Å². The third-order valence-corrected chi connectivity index (χ3v) is 11.8. The van der Waals surface area contributed by atoms with Crippen LogP contribution in [-0.2, 0) is 10.0 Å². The normalized spacial score (nSPS) is 28.4. The molecule has 3 saturated carbocycles. The van der Waals surface area contributed by atoms with E-state index in [1.54, 1.807) is 12.1 Å². The summed E-state index contributed by atoms with van der Waals surface area (Å²) in [6.45, 7) is 0.684. The summed E-state index contributed by atoms with van der Waals surface area (Å²) in [6, 6.07) is 7.67. The lowest BCUT2D eigenvalue weighted by atomic mass is 9.40. The number of piperidine rings is 1. The van der Waals surface area contributed by atoms with Crippen molar-refractivity contribution in [1.29, 1.82) is 5.26 Å². The molecular weight excluding hydrogens is 646 g/mol. The van der Waals surface area contributed by atoms with Crippen LogP contribution in [0.3, 0.4) is 0 Å². The van der Waals surface area contributed by atoms with Gasteiger partial charge in [0.05, 0.1) is 46.3 Å². The highest BCUT2D eigenvalue weighted by Gasteiger charge is 2.69. The molecular formula is C29H26F2N6O7S2. The summed E-state index contributed by atoms with van der Waals surface area (Å²) in [5.41, 5.74) is -0.580. The SMILES string of the molecule is COc1ccc2nc(N3C4CC3CN(S(C)(=O)=O)C4)sc2c1C(=O)Nc1cc2c(cc1C(=O)NC13CC(C#N)(C1)C3)OC(F)(F)O2. The minimum atomic E-state index is -3.95. The molecule has 17 heteroatoms. The van der Waals surface area contributed by atoms with Crippen molar-refractivity contribution in [3.05, 3.63) is 35.4 Å². The molecule has 0 radical (unpaired) electrons. The number of benzene rings is 2. The number of hydrogen-bond acceptors (Lipinski definition) is 11. The number of alkyl halides is 2. The Kier molecular flexibility index (Phi) is 5.95. The van der Waals surface area contributed by atoms with Gasteiger partial charge in [0.2, 0.25) is 10.0 Å². The molecule has 240 valence electrons. The van der Waals surface area contributed by atoms with E-state index in [2.05, 4.69) is 31.1 Å². The number of halogens is 2. The molecule has 4 heterocycles. The highest BCUT2D eigenvalue weighted by molar-refractivity contribution is 7.88. The fourth-order valence-electron chi connectivity index (χ4n) is 7.43. The topological polar surface area (TPSA) is 163 Å². The molecule has 2 aromatic carbocycles. The molecule has 5 fully saturated rings. The van der Waals surface area contributed by atoms with Crippen LogP contribution >= 0.6 is 11.3 Å². The number of piperazine rings is 1. The molecule has 9 rings (SSSR count). The monoisotopic (exact) mass is 672 g/mol. The fourth-order valence-corrected chi connectivity index (χ4v) is 9.56. The lowest BCUT2D eigenvalue weighted by molar-refractivity contribution is -0.286. The Bertz CT molecular complexity index is 2000. The van der Waals surface area contributed by atoms with E-state index in [0.717, 1.165) is 18.6 Å². The molecule has 3 aromatic rings. The number of rotatable bonds is 7. The second kappa shape index (κ2) is 9.39. The van der Waals surface area contributed by atoms with Gasteiger partial charge in [-0.05, 0) is 43.9 Å². The number of anilines is 2. The number of thiazole rings is 1. The highest BCUT2D eigenvalue weighted by atomic mass is 32.2. The van der Waals surface area contributed by atoms with E-state index in [9.17, 15) is 32.0 Å². The maximum absolute atomic E-state index is 14.0. The number of carbonyl (C=O) groups is 2. The Morgan fingerprint density at radius 1 is 1.13 bits per heavy atom. The van der Waals surface area contributed by atoms with Crippen molar-refractivity contribution >= 4 is 54.2 Å². The van der Waals surface area contributed by atoms with Gasteiger partial charge in [0.15, 0.2) is 16.6 Å². The van der Waals surface area contributed by atoms with Crippen LogP contribution in [0.15, 0.2) is 24.3 Å². The maximum atomic E-state index is 14.0. The van der Waals surface area contributed by atoms with Crippen molar-refractivity contribution in [2.45, 2.75) is 49.6 Å². The van der Waals surface area contributed by atoms with Gasteiger partial charge in [-0.15, -0.1) is 8.78 Å². The number of aromatic nitrogens is 1. The van der Waals surface area contributed by atoms with Gasteiger partial charge in [0.1, 0.15) is 11.3 Å². The van der Waals surface area contributed by atoms with Gasteiger partial charge in [-0.2, -0.15) is 9.57 Å².